The Morgan fingerprint density at radius 2 is 1.82 bits per heavy atom. The Bertz CT molecular complexity index is 886. The number of aromatic nitrogens is 2. The maximum Gasteiger partial charge on any atom is 0.155 e. The van der Waals surface area contributed by atoms with Crippen LogP contribution in [0.1, 0.15) is 11.4 Å². The fourth-order valence-corrected chi connectivity index (χ4v) is 2.49. The van der Waals surface area contributed by atoms with E-state index in [1.54, 1.807) is 0 Å². The molecule has 3 rings (SSSR count). The van der Waals surface area contributed by atoms with Crippen LogP contribution in [-0.2, 0) is 13.5 Å². The lowest BCUT2D eigenvalue weighted by atomic mass is 10.1. The van der Waals surface area contributed by atoms with Gasteiger partial charge < -0.3 is 9.67 Å². The molecule has 0 aliphatic carbocycles. The van der Waals surface area contributed by atoms with Crippen molar-refractivity contribution >= 4 is 16.6 Å². The smallest absolute Gasteiger partial charge is 0.155 e. The van der Waals surface area contributed by atoms with E-state index < -0.39 is 0 Å². The molecule has 0 fully saturated rings. The lowest BCUT2D eigenvalue weighted by Gasteiger charge is -2.05. The Balaban J connectivity index is 2.07. The summed E-state index contributed by atoms with van der Waals surface area (Å²) < 4.78 is 1.83. The Hall–Kier alpha value is -3.06. The first-order valence-corrected chi connectivity index (χ1v) is 6.98. The third-order valence-electron chi connectivity index (χ3n) is 3.63. The van der Waals surface area contributed by atoms with Gasteiger partial charge >= 0.3 is 0 Å². The molecule has 2 aromatic carbocycles. The summed E-state index contributed by atoms with van der Waals surface area (Å²) in [6, 6.07) is 19.3. The summed E-state index contributed by atoms with van der Waals surface area (Å²) in [5, 5.41) is 19.8. The number of nitrogens with zero attached hydrogens (tertiary/aromatic N) is 3. The van der Waals surface area contributed by atoms with Gasteiger partial charge in [-0.3, -0.25) is 0 Å². The number of hydrogen-bond acceptors (Lipinski definition) is 3. The highest BCUT2D eigenvalue weighted by Crippen LogP contribution is 2.23. The summed E-state index contributed by atoms with van der Waals surface area (Å²) in [6.07, 6.45) is 0.312. The van der Waals surface area contributed by atoms with Gasteiger partial charge in [0.15, 0.2) is 5.82 Å². The van der Waals surface area contributed by atoms with E-state index >= 15 is 0 Å². The quantitative estimate of drug-likeness (QED) is 0.592. The maximum atomic E-state index is 10.4. The van der Waals surface area contributed by atoms with Gasteiger partial charge in [0.25, 0.3) is 0 Å². The molecule has 4 nitrogen and oxygen atoms in total. The highest BCUT2D eigenvalue weighted by atomic mass is 16.3. The van der Waals surface area contributed by atoms with Crippen LogP contribution >= 0.6 is 0 Å². The van der Waals surface area contributed by atoms with E-state index in [1.165, 1.54) is 0 Å². The second kappa shape index (κ2) is 5.74. The first-order valence-electron chi connectivity index (χ1n) is 6.98. The van der Waals surface area contributed by atoms with Gasteiger partial charge in [0.05, 0.1) is 11.0 Å². The fourth-order valence-electron chi connectivity index (χ4n) is 2.49. The SMILES string of the molecule is Cn1c(C(C#N)=C(O)Cc2ccccc2)nc2ccccc21. The summed E-state index contributed by atoms with van der Waals surface area (Å²) in [4.78, 5) is 4.47. The van der Waals surface area contributed by atoms with Crippen LogP contribution in [0.4, 0.5) is 0 Å². The van der Waals surface area contributed by atoms with Crippen LogP contribution in [-0.4, -0.2) is 14.7 Å². The molecule has 3 aromatic rings. The van der Waals surface area contributed by atoms with Crippen LogP contribution in [0.25, 0.3) is 16.6 Å². The second-order valence-electron chi connectivity index (χ2n) is 5.08. The molecule has 0 saturated heterocycles. The first-order chi connectivity index (χ1) is 10.7. The summed E-state index contributed by atoms with van der Waals surface area (Å²) in [5.74, 6) is 0.518. The van der Waals surface area contributed by atoms with Crippen molar-refractivity contribution in [3.05, 3.63) is 71.7 Å². The Labute approximate surface area is 128 Å². The molecule has 0 radical (unpaired) electrons. The molecule has 0 spiro atoms. The van der Waals surface area contributed by atoms with Crippen molar-refractivity contribution in [2.24, 2.45) is 7.05 Å². The predicted molar refractivity (Wildman–Crippen MR) is 86.0 cm³/mol. The average molecular weight is 289 g/mol. The van der Waals surface area contributed by atoms with E-state index in [0.717, 1.165) is 16.6 Å². The van der Waals surface area contributed by atoms with Crippen molar-refractivity contribution in [3.8, 4) is 6.07 Å². The number of aliphatic hydroxyl groups is 1. The number of hydrogen-bond donors (Lipinski definition) is 1. The molecule has 22 heavy (non-hydrogen) atoms. The van der Waals surface area contributed by atoms with Gasteiger partial charge in [-0.1, -0.05) is 42.5 Å². The Morgan fingerprint density at radius 1 is 1.14 bits per heavy atom. The number of rotatable bonds is 3. The standard InChI is InChI=1S/C18H15N3O/c1-21-16-10-6-5-9-15(16)20-18(21)14(12-19)17(22)11-13-7-3-2-4-8-13/h2-10,22H,11H2,1H3. The fraction of sp³-hybridized carbons (Fsp3) is 0.111. The molecule has 0 amide bonds. The maximum absolute atomic E-state index is 10.4. The zero-order valence-corrected chi connectivity index (χ0v) is 12.2. The third kappa shape index (κ3) is 2.45. The van der Waals surface area contributed by atoms with Gasteiger partial charge in [0.1, 0.15) is 17.4 Å². The minimum Gasteiger partial charge on any atom is -0.510 e. The van der Waals surface area contributed by atoms with E-state index in [4.69, 9.17) is 0 Å². The molecule has 1 aromatic heterocycles. The first kappa shape index (κ1) is 13.9. The number of imidazole rings is 1. The highest BCUT2D eigenvalue weighted by molar-refractivity contribution is 5.83. The number of fused-ring (bicyclic) bond motifs is 1. The normalized spacial score (nSPS) is 12.0. The van der Waals surface area contributed by atoms with Gasteiger partial charge in [0, 0.05) is 13.5 Å². The topological polar surface area (TPSA) is 61.8 Å². The summed E-state index contributed by atoms with van der Waals surface area (Å²) in [6.45, 7) is 0. The lowest BCUT2D eigenvalue weighted by molar-refractivity contribution is 0.402. The molecule has 0 aliphatic rings. The Morgan fingerprint density at radius 3 is 2.50 bits per heavy atom. The minimum atomic E-state index is 0.0344. The predicted octanol–water partition coefficient (Wildman–Crippen LogP) is 3.61. The van der Waals surface area contributed by atoms with E-state index in [9.17, 15) is 10.4 Å². The van der Waals surface area contributed by atoms with Crippen LogP contribution in [0.3, 0.4) is 0 Å². The number of aliphatic hydroxyl groups excluding tert-OH is 1. The van der Waals surface area contributed by atoms with Crippen LogP contribution in [0.15, 0.2) is 60.4 Å². The van der Waals surface area contributed by atoms with Crippen molar-refractivity contribution in [2.75, 3.05) is 0 Å². The second-order valence-corrected chi connectivity index (χ2v) is 5.08. The zero-order chi connectivity index (χ0) is 15.5. The molecular formula is C18H15N3O. The van der Waals surface area contributed by atoms with Gasteiger partial charge in [-0.15, -0.1) is 0 Å². The van der Waals surface area contributed by atoms with Crippen LogP contribution in [0.2, 0.25) is 0 Å². The molecule has 0 saturated carbocycles. The molecule has 0 aliphatic heterocycles. The summed E-state index contributed by atoms with van der Waals surface area (Å²) in [7, 11) is 1.85. The largest absolute Gasteiger partial charge is 0.510 e. The molecule has 1 N–H and O–H groups in total. The Kier molecular flexibility index (Phi) is 3.63. The molecule has 0 bridgehead atoms. The number of para-hydroxylation sites is 2. The summed E-state index contributed by atoms with van der Waals surface area (Å²) in [5.41, 5.74) is 2.90. The minimum absolute atomic E-state index is 0.0344. The molecule has 1 heterocycles. The zero-order valence-electron chi connectivity index (χ0n) is 12.2. The van der Waals surface area contributed by atoms with Gasteiger partial charge in [-0.2, -0.15) is 5.26 Å². The molecule has 0 atom stereocenters. The van der Waals surface area contributed by atoms with Gasteiger partial charge in [-0.25, -0.2) is 4.98 Å². The third-order valence-corrected chi connectivity index (χ3v) is 3.63. The van der Waals surface area contributed by atoms with E-state index in [0.29, 0.717) is 12.2 Å². The summed E-state index contributed by atoms with van der Waals surface area (Å²) >= 11 is 0. The molecule has 4 heteroatoms. The number of nitriles is 1. The van der Waals surface area contributed by atoms with Crippen molar-refractivity contribution < 1.29 is 5.11 Å². The van der Waals surface area contributed by atoms with Crippen molar-refractivity contribution in [1.82, 2.24) is 9.55 Å². The molecule has 0 unspecified atom stereocenters. The lowest BCUT2D eigenvalue weighted by Crippen LogP contribution is -2.01. The van der Waals surface area contributed by atoms with E-state index in [2.05, 4.69) is 11.1 Å². The monoisotopic (exact) mass is 289 g/mol. The van der Waals surface area contributed by atoms with Crippen LogP contribution < -0.4 is 0 Å². The van der Waals surface area contributed by atoms with E-state index in [-0.39, 0.29) is 11.3 Å². The molecule has 108 valence electrons. The van der Waals surface area contributed by atoms with E-state index in [1.807, 2.05) is 66.2 Å². The molecular weight excluding hydrogens is 274 g/mol. The van der Waals surface area contributed by atoms with Gasteiger partial charge in [0.2, 0.25) is 0 Å². The number of benzene rings is 2. The van der Waals surface area contributed by atoms with Crippen molar-refractivity contribution in [3.63, 3.8) is 0 Å². The van der Waals surface area contributed by atoms with Crippen LogP contribution in [0, 0.1) is 11.3 Å². The number of allylic oxidation sites excluding steroid dienone is 2. The highest BCUT2D eigenvalue weighted by Gasteiger charge is 2.16. The van der Waals surface area contributed by atoms with Crippen molar-refractivity contribution in [1.29, 1.82) is 5.26 Å². The number of aryl methyl sites for hydroxylation is 1. The average Bonchev–Trinajstić information content (AvgIpc) is 2.87. The van der Waals surface area contributed by atoms with Crippen LogP contribution in [0.5, 0.6) is 0 Å². The van der Waals surface area contributed by atoms with Gasteiger partial charge in [-0.05, 0) is 17.7 Å². The van der Waals surface area contributed by atoms with Crippen molar-refractivity contribution in [2.45, 2.75) is 6.42 Å².